The summed E-state index contributed by atoms with van der Waals surface area (Å²) in [6.07, 6.45) is 3.23. The predicted molar refractivity (Wildman–Crippen MR) is 153 cm³/mol. The van der Waals surface area contributed by atoms with Crippen molar-refractivity contribution in [2.75, 3.05) is 37.9 Å². The van der Waals surface area contributed by atoms with Gasteiger partial charge in [0.15, 0.2) is 0 Å². The highest BCUT2D eigenvalue weighted by atomic mass is 32.2. The van der Waals surface area contributed by atoms with Crippen LogP contribution in [0.4, 0.5) is 10.6 Å². The van der Waals surface area contributed by atoms with Crippen LogP contribution in [-0.4, -0.2) is 89.9 Å². The van der Waals surface area contributed by atoms with E-state index in [4.69, 9.17) is 9.47 Å². The van der Waals surface area contributed by atoms with Crippen LogP contribution in [0.3, 0.4) is 0 Å². The molecule has 0 radical (unpaired) electrons. The molecule has 1 aliphatic heterocycles. The monoisotopic (exact) mass is 595 g/mol. The predicted octanol–water partition coefficient (Wildman–Crippen LogP) is 2.03. The summed E-state index contributed by atoms with van der Waals surface area (Å²) in [7, 11) is -2.26. The van der Waals surface area contributed by atoms with Gasteiger partial charge in [0, 0.05) is 39.4 Å². The Morgan fingerprint density at radius 1 is 1.19 bits per heavy atom. The van der Waals surface area contributed by atoms with E-state index in [0.29, 0.717) is 18.5 Å². The smallest absolute Gasteiger partial charge is 0.410 e. The second kappa shape index (κ2) is 11.0. The lowest BCUT2D eigenvalue weighted by Crippen LogP contribution is -2.56. The first-order valence-electron chi connectivity index (χ1n) is 13.6. The van der Waals surface area contributed by atoms with E-state index in [1.807, 2.05) is 12.1 Å². The molecule has 5 rings (SSSR count). The topological polar surface area (TPSA) is 161 Å². The average Bonchev–Trinajstić information content (AvgIpc) is 3.35. The zero-order valence-corrected chi connectivity index (χ0v) is 25.0. The van der Waals surface area contributed by atoms with E-state index < -0.39 is 38.3 Å². The molecular formula is C28H33N7O6S. The van der Waals surface area contributed by atoms with Crippen LogP contribution in [0.25, 0.3) is 16.6 Å². The van der Waals surface area contributed by atoms with E-state index in [9.17, 15) is 23.3 Å². The average molecular weight is 596 g/mol. The molecule has 0 N–H and O–H groups in total. The van der Waals surface area contributed by atoms with Crippen molar-refractivity contribution in [2.45, 2.75) is 62.9 Å². The highest BCUT2D eigenvalue weighted by Gasteiger charge is 2.35. The largest absolute Gasteiger partial charge is 0.444 e. The Hall–Kier alpha value is -4.09. The Morgan fingerprint density at radius 2 is 1.95 bits per heavy atom. The van der Waals surface area contributed by atoms with Gasteiger partial charge in [0.05, 0.1) is 41.9 Å². The fraction of sp³-hybridized carbons (Fsp3) is 0.500. The highest BCUT2D eigenvalue weighted by Crippen LogP contribution is 2.30. The minimum atomic E-state index is -3.91. The van der Waals surface area contributed by atoms with E-state index in [1.165, 1.54) is 15.8 Å². The van der Waals surface area contributed by atoms with Gasteiger partial charge in [-0.15, -0.1) is 0 Å². The molecule has 42 heavy (non-hydrogen) atoms. The van der Waals surface area contributed by atoms with Crippen molar-refractivity contribution in [1.82, 2.24) is 24.6 Å². The van der Waals surface area contributed by atoms with Crippen molar-refractivity contribution in [1.29, 1.82) is 5.26 Å². The maximum absolute atomic E-state index is 13.9. The van der Waals surface area contributed by atoms with Gasteiger partial charge in [0.1, 0.15) is 16.9 Å². The van der Waals surface area contributed by atoms with Crippen LogP contribution in [0, 0.1) is 11.3 Å². The van der Waals surface area contributed by atoms with Gasteiger partial charge in [-0.2, -0.15) is 15.0 Å². The number of methoxy groups -OCH3 is 1. The quantitative estimate of drug-likeness (QED) is 0.397. The summed E-state index contributed by atoms with van der Waals surface area (Å²) >= 11 is 0. The van der Waals surface area contributed by atoms with Crippen molar-refractivity contribution < 1.29 is 22.7 Å². The van der Waals surface area contributed by atoms with Crippen molar-refractivity contribution in [2.24, 2.45) is 0 Å². The lowest BCUT2D eigenvalue weighted by Gasteiger charge is -2.41. The third kappa shape index (κ3) is 5.66. The van der Waals surface area contributed by atoms with Gasteiger partial charge >= 0.3 is 6.09 Å². The van der Waals surface area contributed by atoms with E-state index in [1.54, 1.807) is 38.8 Å². The SMILES string of the molecule is COC1Cc2cccc(-n3ncc4c(N5CCN(C(=O)OC(C)(C)C)C(CC#N)C5)nc(S(C)(=O)=O)nc4c3=O)c2C1. The highest BCUT2D eigenvalue weighted by molar-refractivity contribution is 7.90. The number of aromatic nitrogens is 4. The number of sulfone groups is 1. The van der Waals surface area contributed by atoms with Gasteiger partial charge in [0.25, 0.3) is 5.56 Å². The van der Waals surface area contributed by atoms with E-state index >= 15 is 0 Å². The lowest BCUT2D eigenvalue weighted by atomic mass is 10.1. The lowest BCUT2D eigenvalue weighted by molar-refractivity contribution is 0.0145. The van der Waals surface area contributed by atoms with Crippen molar-refractivity contribution >= 4 is 32.7 Å². The zero-order chi connectivity index (χ0) is 30.4. The van der Waals surface area contributed by atoms with Crippen molar-refractivity contribution in [3.63, 3.8) is 0 Å². The van der Waals surface area contributed by atoms with Crippen LogP contribution in [0.15, 0.2) is 34.3 Å². The first kappa shape index (κ1) is 29.4. The molecule has 14 heteroatoms. The summed E-state index contributed by atoms with van der Waals surface area (Å²) in [6, 6.07) is 7.18. The number of anilines is 1. The molecule has 2 unspecified atom stereocenters. The number of benzene rings is 1. The molecule has 0 bridgehead atoms. The fourth-order valence-corrected chi connectivity index (χ4v) is 5.92. The first-order chi connectivity index (χ1) is 19.8. The van der Waals surface area contributed by atoms with Gasteiger partial charge in [-0.05, 0) is 44.4 Å². The van der Waals surface area contributed by atoms with Crippen LogP contribution < -0.4 is 10.5 Å². The Bertz CT molecular complexity index is 1760. The number of nitrogens with zero attached hydrogens (tertiary/aromatic N) is 7. The minimum Gasteiger partial charge on any atom is -0.444 e. The minimum absolute atomic E-state index is 0.0104. The van der Waals surface area contributed by atoms with Crippen LogP contribution >= 0.6 is 0 Å². The van der Waals surface area contributed by atoms with Crippen LogP contribution in [0.5, 0.6) is 0 Å². The van der Waals surface area contributed by atoms with E-state index in [-0.39, 0.29) is 48.9 Å². The molecule has 2 atom stereocenters. The Labute approximate surface area is 243 Å². The first-order valence-corrected chi connectivity index (χ1v) is 15.5. The molecule has 1 amide bonds. The summed E-state index contributed by atoms with van der Waals surface area (Å²) in [4.78, 5) is 38.6. The van der Waals surface area contributed by atoms with E-state index in [2.05, 4.69) is 21.1 Å². The van der Waals surface area contributed by atoms with Gasteiger partial charge in [-0.25, -0.2) is 23.2 Å². The number of hydrogen-bond acceptors (Lipinski definition) is 11. The molecule has 0 spiro atoms. The number of hydrogen-bond donors (Lipinski definition) is 0. The second-order valence-electron chi connectivity index (χ2n) is 11.5. The number of nitriles is 1. The summed E-state index contributed by atoms with van der Waals surface area (Å²) in [5, 5.41) is 13.7. The van der Waals surface area contributed by atoms with Gasteiger partial charge in [-0.3, -0.25) is 4.79 Å². The molecule has 3 heterocycles. The van der Waals surface area contributed by atoms with Crippen LogP contribution in [0.1, 0.15) is 38.3 Å². The molecular weight excluding hydrogens is 562 g/mol. The maximum atomic E-state index is 13.9. The van der Waals surface area contributed by atoms with Crippen LogP contribution in [-0.2, 0) is 32.2 Å². The summed E-state index contributed by atoms with van der Waals surface area (Å²) in [6.45, 7) is 5.90. The Kier molecular flexibility index (Phi) is 7.67. The molecule has 1 saturated heterocycles. The molecule has 1 fully saturated rings. The summed E-state index contributed by atoms with van der Waals surface area (Å²) in [5.41, 5.74) is 1.18. The molecule has 0 saturated carbocycles. The third-order valence-corrected chi connectivity index (χ3v) is 8.21. The molecule has 1 aromatic carbocycles. The Morgan fingerprint density at radius 3 is 2.62 bits per heavy atom. The summed E-state index contributed by atoms with van der Waals surface area (Å²) < 4.78 is 37.6. The molecule has 2 aromatic heterocycles. The van der Waals surface area contributed by atoms with Crippen molar-refractivity contribution in [3.8, 4) is 11.8 Å². The third-order valence-electron chi connectivity index (χ3n) is 7.36. The second-order valence-corrected chi connectivity index (χ2v) is 13.5. The number of ether oxygens (including phenoxy) is 2. The zero-order valence-electron chi connectivity index (χ0n) is 24.2. The fourth-order valence-electron chi connectivity index (χ4n) is 5.41. The van der Waals surface area contributed by atoms with Gasteiger partial charge < -0.3 is 19.3 Å². The standard InChI is InChI=1S/C28H33N7O6S/c1-28(2,3)41-27(37)34-12-11-33(16-18(34)9-10-29)24-21-15-30-35(25(36)23(21)31-26(32-24)42(5,38)39)22-8-6-7-17-13-19(40-4)14-20(17)22/h6-8,15,18-19H,9,11-14,16H2,1-5H3. The van der Waals surface area contributed by atoms with E-state index in [0.717, 1.165) is 17.4 Å². The van der Waals surface area contributed by atoms with Gasteiger partial charge in [-0.1, -0.05) is 12.1 Å². The number of rotatable bonds is 5. The van der Waals surface area contributed by atoms with Crippen LogP contribution in [0.2, 0.25) is 0 Å². The summed E-state index contributed by atoms with van der Waals surface area (Å²) in [5.74, 6) is 0.196. The molecule has 13 nitrogen and oxygen atoms in total. The molecule has 1 aliphatic carbocycles. The number of fused-ring (bicyclic) bond motifs is 2. The Balaban J connectivity index is 1.59. The van der Waals surface area contributed by atoms with Crippen molar-refractivity contribution in [3.05, 3.63) is 45.9 Å². The maximum Gasteiger partial charge on any atom is 0.410 e. The normalized spacial score (nSPS) is 19.0. The number of amides is 1. The number of carbonyl (C=O) groups is 1. The van der Waals surface area contributed by atoms with Gasteiger partial charge in [0.2, 0.25) is 15.0 Å². The molecule has 2 aliphatic rings. The molecule has 222 valence electrons. The molecule has 3 aromatic rings. The number of carbonyl (C=O) groups excluding carboxylic acids is 1. The number of piperazine rings is 1.